The molecule has 2 aliphatic rings. The van der Waals surface area contributed by atoms with E-state index < -0.39 is 10.2 Å². The normalized spacial score (nSPS) is 22.9. The third-order valence-electron chi connectivity index (χ3n) is 5.21. The molecular formula is C18H29N3O2S. The summed E-state index contributed by atoms with van der Waals surface area (Å²) in [6.45, 7) is 4.69. The first kappa shape index (κ1) is 17.7. The van der Waals surface area contributed by atoms with E-state index in [1.165, 1.54) is 11.3 Å². The Kier molecular flexibility index (Phi) is 5.79. The minimum Gasteiger partial charge on any atom is -0.367 e. The van der Waals surface area contributed by atoms with Crippen LogP contribution < -0.4 is 9.62 Å². The Hall–Kier alpha value is -1.11. The lowest BCUT2D eigenvalue weighted by Gasteiger charge is -2.37. The standard InChI is InChI=1S/C18H29N3O2S/c1-16-10-11-17-8-4-5-9-18(17)21(16)15-12-19-24(22,23)20-13-6-2-3-7-14-20/h4-5,8-9,16,19H,2-3,6-7,10-15H2,1H3/t16-/m1/s1. The molecule has 0 aromatic heterocycles. The summed E-state index contributed by atoms with van der Waals surface area (Å²) in [5.41, 5.74) is 2.62. The lowest BCUT2D eigenvalue weighted by molar-refractivity contribution is 0.414. The molecule has 3 rings (SSSR count). The van der Waals surface area contributed by atoms with Crippen LogP contribution in [0.4, 0.5) is 5.69 Å². The lowest BCUT2D eigenvalue weighted by atomic mass is 9.97. The number of aryl methyl sites for hydroxylation is 1. The second kappa shape index (κ2) is 7.85. The van der Waals surface area contributed by atoms with Gasteiger partial charge in [-0.2, -0.15) is 12.7 Å². The van der Waals surface area contributed by atoms with Crippen LogP contribution in [-0.2, 0) is 16.6 Å². The molecule has 2 heterocycles. The maximum Gasteiger partial charge on any atom is 0.279 e. The summed E-state index contributed by atoms with van der Waals surface area (Å²) in [4.78, 5) is 2.34. The van der Waals surface area contributed by atoms with Gasteiger partial charge in [0.25, 0.3) is 10.2 Å². The average Bonchev–Trinajstić information content (AvgIpc) is 2.87. The molecule has 1 atom stereocenters. The number of fused-ring (bicyclic) bond motifs is 1. The van der Waals surface area contributed by atoms with Gasteiger partial charge >= 0.3 is 0 Å². The molecule has 0 radical (unpaired) electrons. The van der Waals surface area contributed by atoms with Crippen LogP contribution in [-0.4, -0.2) is 44.9 Å². The molecule has 1 aromatic carbocycles. The van der Waals surface area contributed by atoms with Crippen molar-refractivity contribution in [2.75, 3.05) is 31.1 Å². The van der Waals surface area contributed by atoms with E-state index in [-0.39, 0.29) is 0 Å². The molecule has 0 saturated carbocycles. The summed E-state index contributed by atoms with van der Waals surface area (Å²) in [6.07, 6.45) is 6.43. The summed E-state index contributed by atoms with van der Waals surface area (Å²) < 4.78 is 29.4. The zero-order valence-electron chi connectivity index (χ0n) is 14.6. The summed E-state index contributed by atoms with van der Waals surface area (Å²) in [5, 5.41) is 0. The number of hydrogen-bond donors (Lipinski definition) is 1. The van der Waals surface area contributed by atoms with Crippen molar-refractivity contribution in [2.45, 2.75) is 51.5 Å². The van der Waals surface area contributed by atoms with Gasteiger partial charge < -0.3 is 4.90 Å². The highest BCUT2D eigenvalue weighted by Crippen LogP contribution is 2.29. The maximum absolute atomic E-state index is 12.5. The van der Waals surface area contributed by atoms with Crippen LogP contribution in [0.2, 0.25) is 0 Å². The Morgan fingerprint density at radius 2 is 1.83 bits per heavy atom. The van der Waals surface area contributed by atoms with Crippen molar-refractivity contribution in [3.8, 4) is 0 Å². The predicted molar refractivity (Wildman–Crippen MR) is 98.5 cm³/mol. The van der Waals surface area contributed by atoms with Crippen LogP contribution >= 0.6 is 0 Å². The van der Waals surface area contributed by atoms with Gasteiger partial charge in [-0.15, -0.1) is 0 Å². The Bertz CT molecular complexity index is 639. The average molecular weight is 352 g/mol. The molecule has 24 heavy (non-hydrogen) atoms. The van der Waals surface area contributed by atoms with E-state index >= 15 is 0 Å². The van der Waals surface area contributed by atoms with Crippen molar-refractivity contribution in [3.05, 3.63) is 29.8 Å². The van der Waals surface area contributed by atoms with E-state index in [0.717, 1.165) is 38.5 Å². The van der Waals surface area contributed by atoms with Gasteiger partial charge in [0.05, 0.1) is 0 Å². The largest absolute Gasteiger partial charge is 0.367 e. The summed E-state index contributed by atoms with van der Waals surface area (Å²) in [5.74, 6) is 0. The van der Waals surface area contributed by atoms with Gasteiger partial charge in [-0.25, -0.2) is 4.72 Å². The molecule has 2 aliphatic heterocycles. The zero-order valence-corrected chi connectivity index (χ0v) is 15.4. The minimum absolute atomic E-state index is 0.447. The maximum atomic E-state index is 12.5. The summed E-state index contributed by atoms with van der Waals surface area (Å²) in [6, 6.07) is 8.91. The first-order valence-corrected chi connectivity index (χ1v) is 10.6. The minimum atomic E-state index is -3.35. The number of nitrogens with zero attached hydrogens (tertiary/aromatic N) is 2. The molecule has 0 bridgehead atoms. The van der Waals surface area contributed by atoms with Crippen molar-refractivity contribution in [2.24, 2.45) is 0 Å². The molecule has 0 unspecified atom stereocenters. The SMILES string of the molecule is C[C@@H]1CCc2ccccc2N1CCNS(=O)(=O)N1CCCCCC1. The van der Waals surface area contributed by atoms with Crippen molar-refractivity contribution in [1.29, 1.82) is 0 Å². The lowest BCUT2D eigenvalue weighted by Crippen LogP contribution is -2.46. The van der Waals surface area contributed by atoms with Crippen LogP contribution in [0.3, 0.4) is 0 Å². The van der Waals surface area contributed by atoms with Crippen LogP contribution in [0.25, 0.3) is 0 Å². The van der Waals surface area contributed by atoms with E-state index in [0.29, 0.717) is 32.2 Å². The summed E-state index contributed by atoms with van der Waals surface area (Å²) >= 11 is 0. The molecule has 0 aliphatic carbocycles. The second-order valence-corrected chi connectivity index (χ2v) is 8.68. The van der Waals surface area contributed by atoms with Crippen molar-refractivity contribution in [1.82, 2.24) is 9.03 Å². The van der Waals surface area contributed by atoms with Gasteiger partial charge in [-0.05, 0) is 44.2 Å². The third-order valence-corrected chi connectivity index (χ3v) is 6.82. The van der Waals surface area contributed by atoms with Gasteiger partial charge in [-0.3, -0.25) is 0 Å². The predicted octanol–water partition coefficient (Wildman–Crippen LogP) is 2.54. The highest BCUT2D eigenvalue weighted by Gasteiger charge is 2.25. The number of para-hydroxylation sites is 1. The number of rotatable bonds is 5. The molecule has 134 valence electrons. The number of benzene rings is 1. The van der Waals surface area contributed by atoms with E-state index in [2.05, 4.69) is 40.8 Å². The Morgan fingerprint density at radius 3 is 2.58 bits per heavy atom. The smallest absolute Gasteiger partial charge is 0.279 e. The Morgan fingerprint density at radius 1 is 1.12 bits per heavy atom. The van der Waals surface area contributed by atoms with Gasteiger partial charge in [0.15, 0.2) is 0 Å². The molecule has 1 fully saturated rings. The molecular weight excluding hydrogens is 322 g/mol. The van der Waals surface area contributed by atoms with Crippen molar-refractivity contribution in [3.63, 3.8) is 0 Å². The van der Waals surface area contributed by atoms with E-state index in [9.17, 15) is 8.42 Å². The molecule has 6 heteroatoms. The van der Waals surface area contributed by atoms with Crippen LogP contribution in [0, 0.1) is 0 Å². The quantitative estimate of drug-likeness (QED) is 0.887. The molecule has 0 amide bonds. The van der Waals surface area contributed by atoms with Crippen LogP contribution in [0.1, 0.15) is 44.6 Å². The van der Waals surface area contributed by atoms with Crippen molar-refractivity contribution >= 4 is 15.9 Å². The molecule has 0 spiro atoms. The van der Waals surface area contributed by atoms with E-state index in [1.54, 1.807) is 4.31 Å². The topological polar surface area (TPSA) is 52.7 Å². The molecule has 1 aromatic rings. The summed E-state index contributed by atoms with van der Waals surface area (Å²) in [7, 11) is -3.35. The van der Waals surface area contributed by atoms with E-state index in [1.807, 2.05) is 0 Å². The van der Waals surface area contributed by atoms with Gasteiger partial charge in [0, 0.05) is 37.9 Å². The first-order chi connectivity index (χ1) is 11.6. The number of nitrogens with one attached hydrogen (secondary N) is 1. The van der Waals surface area contributed by atoms with Crippen molar-refractivity contribution < 1.29 is 8.42 Å². The van der Waals surface area contributed by atoms with Gasteiger partial charge in [-0.1, -0.05) is 31.0 Å². The van der Waals surface area contributed by atoms with Gasteiger partial charge in [0.2, 0.25) is 0 Å². The fraction of sp³-hybridized carbons (Fsp3) is 0.667. The fourth-order valence-electron chi connectivity index (χ4n) is 3.77. The first-order valence-electron chi connectivity index (χ1n) is 9.17. The van der Waals surface area contributed by atoms with Crippen LogP contribution in [0.5, 0.6) is 0 Å². The highest BCUT2D eigenvalue weighted by molar-refractivity contribution is 7.87. The monoisotopic (exact) mass is 351 g/mol. The molecule has 5 nitrogen and oxygen atoms in total. The second-order valence-electron chi connectivity index (χ2n) is 6.92. The number of anilines is 1. The van der Waals surface area contributed by atoms with Crippen LogP contribution in [0.15, 0.2) is 24.3 Å². The third kappa shape index (κ3) is 4.10. The van der Waals surface area contributed by atoms with E-state index in [4.69, 9.17) is 0 Å². The Labute approximate surface area is 146 Å². The number of hydrogen-bond acceptors (Lipinski definition) is 3. The highest BCUT2D eigenvalue weighted by atomic mass is 32.2. The van der Waals surface area contributed by atoms with Gasteiger partial charge in [0.1, 0.15) is 0 Å². The molecule has 1 N–H and O–H groups in total. The fourth-order valence-corrected chi connectivity index (χ4v) is 5.04. The zero-order chi connectivity index (χ0) is 17.0. The molecule has 1 saturated heterocycles. The Balaban J connectivity index is 1.59.